The third-order valence-corrected chi connectivity index (χ3v) is 4.43. The number of nitrogens with zero attached hydrogens (tertiary/aromatic N) is 6. The average Bonchev–Trinajstić information content (AvgIpc) is 2.48. The molecule has 1 fully saturated rings. The second-order valence-electron chi connectivity index (χ2n) is 7.03. The minimum atomic E-state index is 0.176. The third-order valence-electron chi connectivity index (χ3n) is 4.43. The lowest BCUT2D eigenvalue weighted by molar-refractivity contribution is -0.117. The highest BCUT2D eigenvalue weighted by Crippen LogP contribution is 2.19. The molecular weight excluding hydrogens is 300 g/mol. The number of likely N-dealkylation sites (N-methyl/N-ethyl adjacent to an activating group) is 3. The molecule has 1 aliphatic heterocycles. The Morgan fingerprint density at radius 2 is 0.792 bits per heavy atom. The van der Waals surface area contributed by atoms with E-state index in [0.717, 1.165) is 20.0 Å². The lowest BCUT2D eigenvalue weighted by atomic mass is 10.3. The van der Waals surface area contributed by atoms with Gasteiger partial charge in [-0.25, -0.2) is 0 Å². The van der Waals surface area contributed by atoms with Crippen LogP contribution in [0.2, 0.25) is 0 Å². The predicted molar refractivity (Wildman–Crippen MR) is 103 cm³/mol. The second kappa shape index (κ2) is 9.46. The van der Waals surface area contributed by atoms with Crippen LogP contribution in [-0.4, -0.2) is 110 Å². The molecule has 24 heavy (non-hydrogen) atoms. The van der Waals surface area contributed by atoms with Crippen LogP contribution in [0.4, 0.5) is 0 Å². The van der Waals surface area contributed by atoms with Crippen LogP contribution in [0.25, 0.3) is 0 Å². The van der Waals surface area contributed by atoms with Crippen LogP contribution in [0.15, 0.2) is 38.0 Å². The van der Waals surface area contributed by atoms with Gasteiger partial charge < -0.3 is 0 Å². The molecule has 0 spiro atoms. The SMILES string of the molecule is C=CC(N(C)C)N1CN(C(C=C)N(C)C)CN(C(C=C)N(C)C)C1. The zero-order valence-corrected chi connectivity index (χ0v) is 16.4. The van der Waals surface area contributed by atoms with Crippen LogP contribution in [0.1, 0.15) is 0 Å². The zero-order chi connectivity index (χ0) is 18.4. The van der Waals surface area contributed by atoms with Crippen molar-refractivity contribution >= 4 is 0 Å². The molecule has 0 saturated carbocycles. The molecule has 138 valence electrons. The quantitative estimate of drug-likeness (QED) is 0.581. The van der Waals surface area contributed by atoms with Crippen molar-refractivity contribution < 1.29 is 0 Å². The van der Waals surface area contributed by atoms with E-state index in [1.807, 2.05) is 18.2 Å². The Balaban J connectivity index is 3.11. The van der Waals surface area contributed by atoms with Gasteiger partial charge in [0.2, 0.25) is 0 Å². The van der Waals surface area contributed by atoms with Crippen LogP contribution >= 0.6 is 0 Å². The fraction of sp³-hybridized carbons (Fsp3) is 0.667. The molecule has 3 unspecified atom stereocenters. The number of hydrogen-bond acceptors (Lipinski definition) is 6. The van der Waals surface area contributed by atoms with E-state index in [-0.39, 0.29) is 18.5 Å². The van der Waals surface area contributed by atoms with Gasteiger partial charge in [-0.2, -0.15) is 0 Å². The van der Waals surface area contributed by atoms with Crippen LogP contribution in [0.3, 0.4) is 0 Å². The van der Waals surface area contributed by atoms with Crippen LogP contribution < -0.4 is 0 Å². The maximum atomic E-state index is 4.03. The molecule has 1 saturated heterocycles. The van der Waals surface area contributed by atoms with E-state index >= 15 is 0 Å². The summed E-state index contributed by atoms with van der Waals surface area (Å²) in [4.78, 5) is 13.8. The van der Waals surface area contributed by atoms with Crippen molar-refractivity contribution in [2.45, 2.75) is 18.5 Å². The van der Waals surface area contributed by atoms with Crippen molar-refractivity contribution in [1.82, 2.24) is 29.4 Å². The highest BCUT2D eigenvalue weighted by atomic mass is 15.6. The summed E-state index contributed by atoms with van der Waals surface area (Å²) < 4.78 is 0. The van der Waals surface area contributed by atoms with E-state index < -0.39 is 0 Å². The molecule has 6 heteroatoms. The maximum Gasteiger partial charge on any atom is 0.0828 e. The van der Waals surface area contributed by atoms with Crippen molar-refractivity contribution in [3.05, 3.63) is 38.0 Å². The van der Waals surface area contributed by atoms with Gasteiger partial charge in [-0.1, -0.05) is 18.2 Å². The molecule has 0 N–H and O–H groups in total. The Bertz CT molecular complexity index is 352. The van der Waals surface area contributed by atoms with E-state index in [4.69, 9.17) is 0 Å². The molecule has 0 amide bonds. The molecule has 0 aromatic rings. The van der Waals surface area contributed by atoms with Crippen molar-refractivity contribution in [2.24, 2.45) is 0 Å². The molecule has 1 heterocycles. The maximum absolute atomic E-state index is 4.03. The third kappa shape index (κ3) is 4.99. The molecule has 3 atom stereocenters. The molecule has 1 aliphatic rings. The van der Waals surface area contributed by atoms with E-state index in [1.165, 1.54) is 0 Å². The first-order valence-electron chi connectivity index (χ1n) is 8.35. The molecule has 0 aromatic heterocycles. The van der Waals surface area contributed by atoms with E-state index in [0.29, 0.717) is 0 Å². The molecular formula is C18H36N6. The van der Waals surface area contributed by atoms with Gasteiger partial charge in [0.1, 0.15) is 0 Å². The minimum absolute atomic E-state index is 0.176. The van der Waals surface area contributed by atoms with Gasteiger partial charge >= 0.3 is 0 Å². The van der Waals surface area contributed by atoms with Gasteiger partial charge in [0.25, 0.3) is 0 Å². The molecule has 0 radical (unpaired) electrons. The normalized spacial score (nSPS) is 21.9. The second-order valence-corrected chi connectivity index (χ2v) is 7.03. The summed E-state index contributed by atoms with van der Waals surface area (Å²) >= 11 is 0. The minimum Gasteiger partial charge on any atom is -0.291 e. The Labute approximate surface area is 148 Å². The zero-order valence-electron chi connectivity index (χ0n) is 16.4. The van der Waals surface area contributed by atoms with Crippen LogP contribution in [-0.2, 0) is 0 Å². The fourth-order valence-electron chi connectivity index (χ4n) is 3.40. The monoisotopic (exact) mass is 336 g/mol. The number of hydrogen-bond donors (Lipinski definition) is 0. The molecule has 0 aliphatic carbocycles. The highest BCUT2D eigenvalue weighted by molar-refractivity contribution is 4.95. The van der Waals surface area contributed by atoms with E-state index in [2.05, 4.69) is 91.4 Å². The van der Waals surface area contributed by atoms with E-state index in [9.17, 15) is 0 Å². The summed E-state index contributed by atoms with van der Waals surface area (Å²) in [5, 5.41) is 0. The first-order chi connectivity index (χ1) is 11.3. The first kappa shape index (κ1) is 21.0. The van der Waals surface area contributed by atoms with Crippen molar-refractivity contribution in [3.63, 3.8) is 0 Å². The van der Waals surface area contributed by atoms with Gasteiger partial charge in [-0.3, -0.25) is 29.4 Å². The topological polar surface area (TPSA) is 19.4 Å². The number of rotatable bonds is 9. The lowest BCUT2D eigenvalue weighted by Crippen LogP contribution is -2.65. The average molecular weight is 337 g/mol. The van der Waals surface area contributed by atoms with Crippen molar-refractivity contribution in [3.8, 4) is 0 Å². The van der Waals surface area contributed by atoms with Gasteiger partial charge in [-0.15, -0.1) is 19.7 Å². The Hall–Kier alpha value is -1.02. The van der Waals surface area contributed by atoms with Gasteiger partial charge in [-0.05, 0) is 42.3 Å². The molecule has 1 rings (SSSR count). The fourth-order valence-corrected chi connectivity index (χ4v) is 3.40. The highest BCUT2D eigenvalue weighted by Gasteiger charge is 2.34. The van der Waals surface area contributed by atoms with Crippen molar-refractivity contribution in [1.29, 1.82) is 0 Å². The summed E-state index contributed by atoms with van der Waals surface area (Å²) in [5.74, 6) is 0. The Morgan fingerprint density at radius 3 is 0.917 bits per heavy atom. The van der Waals surface area contributed by atoms with Crippen molar-refractivity contribution in [2.75, 3.05) is 62.3 Å². The Morgan fingerprint density at radius 1 is 0.583 bits per heavy atom. The standard InChI is InChI=1S/C18H36N6/c1-10-16(19(4)5)22-13-23(17(11-2)20(6)7)15-24(14-22)18(12-3)21(8)9/h10-12,16-18H,1-3,13-15H2,4-9H3. The summed E-state index contributed by atoms with van der Waals surface area (Å²) in [6.07, 6.45) is 6.53. The van der Waals surface area contributed by atoms with Crippen LogP contribution in [0, 0.1) is 0 Å². The van der Waals surface area contributed by atoms with Gasteiger partial charge in [0.15, 0.2) is 0 Å². The summed E-state index contributed by atoms with van der Waals surface area (Å²) in [6, 6.07) is 0. The molecule has 0 bridgehead atoms. The molecule has 6 nitrogen and oxygen atoms in total. The van der Waals surface area contributed by atoms with E-state index in [1.54, 1.807) is 0 Å². The van der Waals surface area contributed by atoms with Gasteiger partial charge in [0, 0.05) is 0 Å². The lowest BCUT2D eigenvalue weighted by Gasteiger charge is -2.51. The summed E-state index contributed by atoms with van der Waals surface area (Å²) in [5.41, 5.74) is 0. The predicted octanol–water partition coefficient (Wildman–Crippen LogP) is 1.000. The van der Waals surface area contributed by atoms with Gasteiger partial charge in [0.05, 0.1) is 38.5 Å². The first-order valence-corrected chi connectivity index (χ1v) is 8.35. The Kier molecular flexibility index (Phi) is 8.29. The summed E-state index contributed by atoms with van der Waals surface area (Å²) in [7, 11) is 12.5. The van der Waals surface area contributed by atoms with Crippen LogP contribution in [0.5, 0.6) is 0 Å². The largest absolute Gasteiger partial charge is 0.291 e. The smallest absolute Gasteiger partial charge is 0.0828 e. The molecule has 0 aromatic carbocycles. The summed E-state index contributed by atoms with van der Waals surface area (Å²) in [6.45, 7) is 14.7.